The maximum absolute atomic E-state index is 15.5. The maximum Gasteiger partial charge on any atom is 0.505 e. The van der Waals surface area contributed by atoms with Gasteiger partial charge in [0.05, 0.1) is 45.1 Å². The largest absolute Gasteiger partial charge is 0.505 e. The van der Waals surface area contributed by atoms with Gasteiger partial charge in [0.15, 0.2) is 0 Å². The second kappa shape index (κ2) is 46.7. The molecule has 2 fully saturated rings. The number of benzene rings is 8. The fourth-order valence-electron chi connectivity index (χ4n) is 18.6. The summed E-state index contributed by atoms with van der Waals surface area (Å²) in [5, 5.41) is 4.40. The van der Waals surface area contributed by atoms with Crippen molar-refractivity contribution in [1.29, 1.82) is 0 Å². The average molecular weight is 2160 g/mol. The standard InChI is InChI=1S/C36H57O3P.C33H50O6P2.C30H44FO2P.C30H46NO3P/c1-15-17-18-24(16-2)23-37-40-38-31-27(19-25(33(3,4)5)21-29(31)35(9,10)11)28-20-26(34(6,7)8)22-30(32(28)39-40)36(12,13)14;1-23(2)16-24-12-14-28(26(17-24)31(6,7)8)38-40-34-19-33(20-35-40)21-36-41(37-22-33)39-29-15-13-25(30(3,4)5)18-27(29)32(9,10)11;1-18-21-14-19(27(2,3)4)16-23(29(8,9)10)25(21)32-34(31)33-26-22(18)15-20(28(5,6)7)17-24(26)30(11,12)13;1-27(2,3)19-15-21-22-16-20(28(4,5)6)18-24(30(10,11)12)26(22)34-35(32-14-13-31)33-25(21)23(17-19)29(7,8)9/h19-22,24H,15-18,23H2,1-14H3;12-15,17-18,23H,16,19-22H2,1-11H3;14-18H,1-13H3;15-18H,13-14,31H2,1-12H3. The van der Waals surface area contributed by atoms with E-state index in [4.69, 9.17) is 67.8 Å². The molecule has 150 heavy (non-hydrogen) atoms. The van der Waals surface area contributed by atoms with Crippen LogP contribution in [0.15, 0.2) is 126 Å². The van der Waals surface area contributed by atoms with Crippen LogP contribution in [-0.4, -0.2) is 46.2 Å². The number of rotatable bonds is 16. The number of hydrogen-bond donors (Lipinski definition) is 1. The summed E-state index contributed by atoms with van der Waals surface area (Å²) in [5.74, 6) is 4.02. The van der Waals surface area contributed by atoms with Gasteiger partial charge in [-0.3, -0.25) is 9.05 Å². The molecule has 1 unspecified atom stereocenters. The molecule has 0 amide bonds. The molecule has 10 aromatic rings. The molecule has 2 aromatic heterocycles. The van der Waals surface area contributed by atoms with E-state index in [9.17, 15) is 0 Å². The molecule has 2 saturated heterocycles. The zero-order valence-corrected chi connectivity index (χ0v) is 107. The van der Waals surface area contributed by atoms with Crippen LogP contribution in [0.4, 0.5) is 4.20 Å². The summed E-state index contributed by atoms with van der Waals surface area (Å²) in [7, 11) is -8.94. The van der Waals surface area contributed by atoms with E-state index < -0.39 is 42.4 Å². The highest BCUT2D eigenvalue weighted by Gasteiger charge is 2.47. The molecule has 1 spiro atoms. The first-order chi connectivity index (χ1) is 68.3. The maximum atomic E-state index is 15.5. The van der Waals surface area contributed by atoms with Crippen molar-refractivity contribution in [3.8, 4) is 23.0 Å². The highest BCUT2D eigenvalue weighted by molar-refractivity contribution is 7.42. The SMILES string of the molecule is CC(C)(C)c1cc(C(C)(C)C)c2op(OCCN)oc3c(C(C)(C)C)cc(C(C)(C)C)cc3c2c1.CC(C)Cc1ccc(OP2OCC3(CO2)COP(Oc2ccc(C(C)(C)C)cc2C(C)(C)C)OC3)c(C(C)(C)C)c1.CC1c2cc(C(C)(C)C)cc(C(C)(C)C)c2OP(F)Oc2c1cc(C(C)(C)C)cc2C(C)(C)C.CCCCC(CC)COp1oc2c(C(C)(C)C)cc(C(C)(C)C)cc2c2cc(C(C)(C)C)cc(C(C)(C)C)c2o1. The third-order valence-electron chi connectivity index (χ3n) is 28.8. The number of fused-ring (bicyclic) bond motifs is 8. The molecular formula is C129H197FNO14P5. The van der Waals surface area contributed by atoms with Crippen molar-refractivity contribution < 1.29 is 66.2 Å². The van der Waals surface area contributed by atoms with Gasteiger partial charge >= 0.3 is 42.4 Å². The van der Waals surface area contributed by atoms with E-state index in [0.29, 0.717) is 69.5 Å². The lowest BCUT2D eigenvalue weighted by Crippen LogP contribution is -2.45. The second-order valence-corrected chi connectivity index (χ2v) is 64.1. The summed E-state index contributed by atoms with van der Waals surface area (Å²) in [6.07, 6.45) is 5.74. The molecule has 1 atom stereocenters. The number of hydrogen-bond acceptors (Lipinski definition) is 15. The Hall–Kier alpha value is -6.30. The Balaban J connectivity index is 0.000000205. The molecule has 3 aliphatic rings. The van der Waals surface area contributed by atoms with Crippen LogP contribution in [0.3, 0.4) is 0 Å². The van der Waals surface area contributed by atoms with Gasteiger partial charge in [0, 0.05) is 89.6 Å². The zero-order chi connectivity index (χ0) is 113. The van der Waals surface area contributed by atoms with E-state index in [2.05, 4.69) is 455 Å². The van der Waals surface area contributed by atoms with Crippen molar-refractivity contribution in [2.75, 3.05) is 46.2 Å². The lowest BCUT2D eigenvalue weighted by atomic mass is 9.74. The van der Waals surface area contributed by atoms with Crippen LogP contribution in [0, 0.1) is 17.3 Å². The third kappa shape index (κ3) is 31.9. The minimum absolute atomic E-state index is 0.00823. The van der Waals surface area contributed by atoms with Crippen molar-refractivity contribution in [2.24, 2.45) is 23.0 Å². The summed E-state index contributed by atoms with van der Waals surface area (Å²) >= 11 is 0. The fourth-order valence-corrected chi connectivity index (χ4v) is 24.1. The van der Waals surface area contributed by atoms with Gasteiger partial charge in [0.1, 0.15) is 45.3 Å². The van der Waals surface area contributed by atoms with Crippen LogP contribution in [0.25, 0.3) is 43.9 Å². The topological polar surface area (TPSA) is 171 Å². The third-order valence-corrected chi connectivity index (χ3v) is 33.6. The summed E-state index contributed by atoms with van der Waals surface area (Å²) in [5.41, 5.74) is 29.3. The molecule has 13 rings (SSSR count). The van der Waals surface area contributed by atoms with Crippen molar-refractivity contribution in [3.05, 3.63) is 209 Å². The monoisotopic (exact) mass is 2160 g/mol. The van der Waals surface area contributed by atoms with Crippen molar-refractivity contribution >= 4 is 86.2 Å². The summed E-state index contributed by atoms with van der Waals surface area (Å²) in [6.45, 7) is 115. The molecule has 21 heteroatoms. The molecule has 0 bridgehead atoms. The number of nitrogens with two attached hydrogens (primary N) is 1. The Kier molecular flexibility index (Phi) is 39.1. The van der Waals surface area contributed by atoms with Crippen LogP contribution >= 0.6 is 42.4 Å². The van der Waals surface area contributed by atoms with Crippen LogP contribution in [-0.2, 0) is 106 Å². The molecule has 0 aliphatic carbocycles. The average Bonchev–Trinajstić information content (AvgIpc) is 1.47. The van der Waals surface area contributed by atoms with Gasteiger partial charge in [-0.1, -0.05) is 438 Å². The van der Waals surface area contributed by atoms with E-state index in [1.54, 1.807) is 0 Å². The van der Waals surface area contributed by atoms with Gasteiger partial charge in [-0.25, -0.2) is 0 Å². The molecule has 2 N–H and O–H groups in total. The van der Waals surface area contributed by atoms with Gasteiger partial charge in [-0.05, 0) is 187 Å². The Morgan fingerprint density at radius 2 is 0.627 bits per heavy atom. The van der Waals surface area contributed by atoms with E-state index in [-0.39, 0.29) is 92.6 Å². The minimum Gasteiger partial charge on any atom is -0.426 e. The van der Waals surface area contributed by atoms with Crippen LogP contribution in [0.5, 0.6) is 23.0 Å². The zero-order valence-electron chi connectivity index (χ0n) is 103. The lowest BCUT2D eigenvalue weighted by Gasteiger charge is -2.41. The fraction of sp³-hybridized carbons (Fsp3) is 0.628. The highest BCUT2D eigenvalue weighted by atomic mass is 31.2. The van der Waals surface area contributed by atoms with Crippen LogP contribution in [0.2, 0.25) is 0 Å². The van der Waals surface area contributed by atoms with Crippen molar-refractivity contribution in [3.63, 3.8) is 0 Å². The predicted molar refractivity (Wildman–Crippen MR) is 641 cm³/mol. The lowest BCUT2D eigenvalue weighted by molar-refractivity contribution is -0.0673. The van der Waals surface area contributed by atoms with Gasteiger partial charge in [0.25, 0.3) is 0 Å². The number of halogens is 1. The van der Waals surface area contributed by atoms with Crippen molar-refractivity contribution in [2.45, 2.75) is 465 Å². The Morgan fingerprint density at radius 3 is 0.907 bits per heavy atom. The van der Waals surface area contributed by atoms with Gasteiger partial charge in [0.2, 0.25) is 0 Å². The van der Waals surface area contributed by atoms with E-state index in [1.165, 1.54) is 91.6 Å². The Labute approximate surface area is 913 Å². The normalized spacial score (nSPS) is 18.0. The minimum atomic E-state index is -2.63. The summed E-state index contributed by atoms with van der Waals surface area (Å²) < 4.78 is 104. The highest BCUT2D eigenvalue weighted by Crippen LogP contribution is 2.60. The first kappa shape index (κ1) is 125. The number of unbranched alkanes of at least 4 members (excludes halogenated alkanes) is 1. The smallest absolute Gasteiger partial charge is 0.426 e. The second-order valence-electron chi connectivity index (χ2n) is 58.9. The Morgan fingerprint density at radius 1 is 0.347 bits per heavy atom. The van der Waals surface area contributed by atoms with E-state index >= 15 is 4.20 Å². The van der Waals surface area contributed by atoms with Gasteiger partial charge < -0.3 is 58.7 Å². The predicted octanol–water partition coefficient (Wildman–Crippen LogP) is 40.8. The Bertz CT molecular complexity index is 6140. The van der Waals surface area contributed by atoms with Gasteiger partial charge in [-0.2, -0.15) is 0 Å². The molecule has 15 nitrogen and oxygen atoms in total. The molecule has 834 valence electrons. The molecular weight excluding hydrogens is 1960 g/mol. The first-order valence-corrected chi connectivity index (χ1v) is 60.7. The first-order valence-electron chi connectivity index (χ1n) is 55.3. The summed E-state index contributed by atoms with van der Waals surface area (Å²) in [4.78, 5) is 0. The molecule has 0 radical (unpaired) electrons. The molecule has 5 heterocycles. The van der Waals surface area contributed by atoms with Crippen LogP contribution < -0.4 is 32.9 Å². The molecule has 0 saturated carbocycles. The van der Waals surface area contributed by atoms with Crippen LogP contribution in [0.1, 0.15) is 478 Å². The molecule has 8 aromatic carbocycles. The van der Waals surface area contributed by atoms with Gasteiger partial charge in [-0.15, -0.1) is 4.20 Å². The quantitative estimate of drug-likeness (QED) is 0.0906. The van der Waals surface area contributed by atoms with E-state index in [0.717, 1.165) is 96.0 Å². The van der Waals surface area contributed by atoms with Crippen molar-refractivity contribution in [1.82, 2.24) is 0 Å². The summed E-state index contributed by atoms with van der Waals surface area (Å²) in [6, 6.07) is 40.4. The van der Waals surface area contributed by atoms with E-state index in [1.807, 2.05) is 0 Å². The molecule has 3 aliphatic heterocycles.